The van der Waals surface area contributed by atoms with Crippen molar-refractivity contribution < 1.29 is 10.2 Å². The Hall–Kier alpha value is -5.99. The number of hydrogen-bond acceptors (Lipinski definition) is 8. The Bertz CT molecular complexity index is 2030. The summed E-state index contributed by atoms with van der Waals surface area (Å²) < 4.78 is 0. The second kappa shape index (κ2) is 14.5. The van der Waals surface area contributed by atoms with Gasteiger partial charge in [-0.2, -0.15) is 10.2 Å². The molecule has 0 bridgehead atoms. The van der Waals surface area contributed by atoms with Crippen LogP contribution in [0.2, 0.25) is 5.02 Å². The van der Waals surface area contributed by atoms with Crippen LogP contribution < -0.4 is 10.9 Å². The van der Waals surface area contributed by atoms with Gasteiger partial charge in [-0.25, -0.2) is 0 Å². The van der Waals surface area contributed by atoms with E-state index in [0.29, 0.717) is 38.6 Å². The van der Waals surface area contributed by atoms with Crippen LogP contribution in [0, 0.1) is 0 Å². The summed E-state index contributed by atoms with van der Waals surface area (Å²) in [5.74, 6) is 0.265. The van der Waals surface area contributed by atoms with Crippen LogP contribution in [0.15, 0.2) is 139 Å². The Kier molecular flexibility index (Phi) is 9.79. The fourth-order valence-electron chi connectivity index (χ4n) is 4.34. The Morgan fingerprint density at radius 3 is 1.56 bits per heavy atom. The van der Waals surface area contributed by atoms with Crippen molar-refractivity contribution in [3.8, 4) is 11.5 Å². The van der Waals surface area contributed by atoms with E-state index in [1.807, 2.05) is 78.9 Å². The number of benzene rings is 4. The van der Waals surface area contributed by atoms with E-state index in [4.69, 9.17) is 11.6 Å². The van der Waals surface area contributed by atoms with Gasteiger partial charge in [0, 0.05) is 28.2 Å². The van der Waals surface area contributed by atoms with Gasteiger partial charge in [0.2, 0.25) is 0 Å². The first-order valence-electron chi connectivity index (χ1n) is 13.8. The lowest BCUT2D eigenvalue weighted by Gasteiger charge is -2.06. The van der Waals surface area contributed by atoms with Crippen molar-refractivity contribution >= 4 is 57.2 Å². The number of hydrazone groups is 2. The summed E-state index contributed by atoms with van der Waals surface area (Å²) in [5.41, 5.74) is 11.4. The average Bonchev–Trinajstić information content (AvgIpc) is 3.07. The maximum atomic E-state index is 10.0. The number of halogens is 1. The second-order valence-electron chi connectivity index (χ2n) is 9.72. The molecule has 0 saturated carbocycles. The van der Waals surface area contributed by atoms with Crippen molar-refractivity contribution in [2.24, 2.45) is 10.2 Å². The molecule has 45 heavy (non-hydrogen) atoms. The van der Waals surface area contributed by atoms with Crippen LogP contribution >= 0.6 is 11.6 Å². The number of pyridine rings is 2. The highest BCUT2D eigenvalue weighted by molar-refractivity contribution is 6.30. The van der Waals surface area contributed by atoms with E-state index in [0.717, 1.165) is 21.9 Å². The van der Waals surface area contributed by atoms with Crippen molar-refractivity contribution in [2.75, 3.05) is 0 Å². The highest BCUT2D eigenvalue weighted by atomic mass is 35.5. The zero-order chi connectivity index (χ0) is 31.6. The summed E-state index contributed by atoms with van der Waals surface area (Å²) in [5, 5.41) is 30.9. The fraction of sp³-hybridized carbons (Fsp3) is 0. The predicted octanol–water partition coefficient (Wildman–Crippen LogP) is 7.72. The predicted molar refractivity (Wildman–Crippen MR) is 184 cm³/mol. The minimum atomic E-state index is 0.124. The van der Waals surface area contributed by atoms with Crippen LogP contribution in [0.5, 0.6) is 11.5 Å². The molecule has 0 fully saturated rings. The molecule has 4 N–H and O–H groups in total. The molecule has 222 valence electrons. The Morgan fingerprint density at radius 2 is 1.07 bits per heavy atom. The highest BCUT2D eigenvalue weighted by Crippen LogP contribution is 2.25. The summed E-state index contributed by atoms with van der Waals surface area (Å²) in [4.78, 5) is 8.59. The van der Waals surface area contributed by atoms with E-state index in [1.54, 1.807) is 42.9 Å². The van der Waals surface area contributed by atoms with Gasteiger partial charge in [0.15, 0.2) is 0 Å². The van der Waals surface area contributed by atoms with Crippen molar-refractivity contribution in [1.82, 2.24) is 20.8 Å². The number of nitrogens with zero attached hydrogens (tertiary/aromatic N) is 4. The zero-order valence-corrected chi connectivity index (χ0v) is 24.9. The Morgan fingerprint density at radius 1 is 0.600 bits per heavy atom. The lowest BCUT2D eigenvalue weighted by atomic mass is 10.1. The fourth-order valence-corrected chi connectivity index (χ4v) is 4.46. The molecule has 0 aliphatic heterocycles. The molecular weight excluding hydrogens is 584 g/mol. The molecule has 0 saturated heterocycles. The molecule has 6 aromatic rings. The first kappa shape index (κ1) is 30.5. The quantitative estimate of drug-likeness (QED) is 0.103. The van der Waals surface area contributed by atoms with E-state index < -0.39 is 0 Å². The Labute approximate surface area is 265 Å². The number of aromatic hydroxyl groups is 2. The van der Waals surface area contributed by atoms with Crippen LogP contribution in [-0.4, -0.2) is 32.6 Å². The number of phenolic OH excluding ortho intramolecular Hbond substituents is 2. The monoisotopic (exact) mass is 612 g/mol. The number of rotatable bonds is 8. The van der Waals surface area contributed by atoms with Gasteiger partial charge in [0.05, 0.1) is 46.0 Å². The van der Waals surface area contributed by atoms with Gasteiger partial charge < -0.3 is 10.2 Å². The summed E-state index contributed by atoms with van der Waals surface area (Å²) >= 11 is 5.86. The average molecular weight is 613 g/mol. The van der Waals surface area contributed by atoms with Crippen molar-refractivity contribution in [3.63, 3.8) is 0 Å². The maximum Gasteiger partial charge on any atom is 0.126 e. The van der Waals surface area contributed by atoms with Gasteiger partial charge >= 0.3 is 0 Å². The van der Waals surface area contributed by atoms with Crippen molar-refractivity contribution in [1.29, 1.82) is 0 Å². The van der Waals surface area contributed by atoms with Crippen molar-refractivity contribution in [3.05, 3.63) is 156 Å². The molecule has 6 rings (SSSR count). The molecule has 0 aliphatic rings. The van der Waals surface area contributed by atoms with E-state index in [1.165, 1.54) is 6.21 Å². The number of aromatic nitrogens is 2. The molecule has 8 nitrogen and oxygen atoms in total. The number of fused-ring (bicyclic) bond motifs is 2. The zero-order valence-electron chi connectivity index (χ0n) is 24.1. The number of phenols is 2. The van der Waals surface area contributed by atoms with Gasteiger partial charge in [-0.15, -0.1) is 0 Å². The molecule has 2 aromatic heterocycles. The first-order valence-corrected chi connectivity index (χ1v) is 14.2. The molecule has 0 unspecified atom stereocenters. The van der Waals surface area contributed by atoms with Crippen LogP contribution in [0.25, 0.3) is 33.2 Å². The van der Waals surface area contributed by atoms with Crippen molar-refractivity contribution in [2.45, 2.75) is 0 Å². The first-order chi connectivity index (χ1) is 21.9. The standard InChI is InChI=1S/C18H14ClN3O.C18H15N3O/c1-12(13-4-7-15(19)8-5-13)22-21-11-16-17(23)9-6-14-3-2-10-20-18(14)16;1-13(14-6-3-2-4-7-14)21-20-12-16-17(22)10-9-15-8-5-11-19-18(15)16/h2-11,22-23H,1H2;2-12,21-22H,1H2/b21-11+;20-12+. The van der Waals surface area contributed by atoms with Gasteiger partial charge in [0.1, 0.15) is 11.5 Å². The molecule has 2 heterocycles. The van der Waals surface area contributed by atoms with Crippen LogP contribution in [-0.2, 0) is 0 Å². The molecule has 4 aromatic carbocycles. The van der Waals surface area contributed by atoms with Gasteiger partial charge in [0.25, 0.3) is 0 Å². The van der Waals surface area contributed by atoms with E-state index in [9.17, 15) is 10.2 Å². The lowest BCUT2D eigenvalue weighted by molar-refractivity contribution is 0.474. The van der Waals surface area contributed by atoms with E-state index in [-0.39, 0.29) is 11.5 Å². The minimum absolute atomic E-state index is 0.124. The second-order valence-corrected chi connectivity index (χ2v) is 10.2. The molecule has 0 amide bonds. The maximum absolute atomic E-state index is 10.0. The summed E-state index contributed by atoms with van der Waals surface area (Å²) in [6.07, 6.45) is 6.46. The largest absolute Gasteiger partial charge is 0.507 e. The molecule has 0 aliphatic carbocycles. The normalized spacial score (nSPS) is 11.0. The number of hydrogen-bond donors (Lipinski definition) is 4. The minimum Gasteiger partial charge on any atom is -0.507 e. The SMILES string of the molecule is C=C(N/N=C/c1c(O)ccc2cccnc12)c1ccc(Cl)cc1.C=C(N/N=C/c1c(O)ccc2cccnc12)c1ccccc1. The van der Waals surface area contributed by atoms with Crippen LogP contribution in [0.1, 0.15) is 22.3 Å². The molecule has 0 atom stereocenters. The van der Waals surface area contributed by atoms with Crippen LogP contribution in [0.4, 0.5) is 0 Å². The third-order valence-corrected chi connectivity index (χ3v) is 6.93. The van der Waals surface area contributed by atoms with E-state index >= 15 is 0 Å². The lowest BCUT2D eigenvalue weighted by Crippen LogP contribution is -2.03. The molecule has 0 radical (unpaired) electrons. The topological polar surface area (TPSA) is 115 Å². The summed E-state index contributed by atoms with van der Waals surface area (Å²) in [6, 6.07) is 31.5. The highest BCUT2D eigenvalue weighted by Gasteiger charge is 2.07. The van der Waals surface area contributed by atoms with E-state index in [2.05, 4.69) is 44.2 Å². The van der Waals surface area contributed by atoms with Gasteiger partial charge in [-0.05, 0) is 59.7 Å². The molecule has 9 heteroatoms. The number of nitrogens with one attached hydrogen (secondary N) is 2. The third-order valence-electron chi connectivity index (χ3n) is 6.68. The third kappa shape index (κ3) is 7.70. The summed E-state index contributed by atoms with van der Waals surface area (Å²) in [7, 11) is 0. The van der Waals surface area contributed by atoms with Crippen LogP contribution in [0.3, 0.4) is 0 Å². The van der Waals surface area contributed by atoms with Gasteiger partial charge in [-0.3, -0.25) is 20.8 Å². The smallest absolute Gasteiger partial charge is 0.126 e. The Balaban J connectivity index is 0.000000178. The molecule has 0 spiro atoms. The molecular formula is C36H29ClN6O2. The van der Waals surface area contributed by atoms with Gasteiger partial charge in [-0.1, -0.05) is 79.4 Å². The summed E-state index contributed by atoms with van der Waals surface area (Å²) in [6.45, 7) is 7.86.